The number of nitrogens with zero attached hydrogens (tertiary/aromatic N) is 1. The van der Waals surface area contributed by atoms with E-state index in [0.29, 0.717) is 19.0 Å². The van der Waals surface area contributed by atoms with Gasteiger partial charge in [-0.2, -0.15) is 0 Å². The van der Waals surface area contributed by atoms with E-state index in [4.69, 9.17) is 14.7 Å². The molecule has 0 unspecified atom stereocenters. The van der Waals surface area contributed by atoms with E-state index in [1.165, 1.54) is 17.6 Å². The molecule has 0 radical (unpaired) electrons. The fourth-order valence-electron chi connectivity index (χ4n) is 1.02. The summed E-state index contributed by atoms with van der Waals surface area (Å²) in [7, 11) is 0. The quantitative estimate of drug-likeness (QED) is 0.408. The van der Waals surface area contributed by atoms with Gasteiger partial charge in [0.05, 0.1) is 11.1 Å². The molecule has 12 heavy (non-hydrogen) atoms. The Bertz CT molecular complexity index is 308. The predicted octanol–water partition coefficient (Wildman–Crippen LogP) is 1.33. The predicted molar refractivity (Wildman–Crippen MR) is 44.7 cm³/mol. The molecule has 1 N–H and O–H groups in total. The van der Waals surface area contributed by atoms with Gasteiger partial charge in [0.25, 0.3) is 0 Å². The van der Waals surface area contributed by atoms with Gasteiger partial charge in [0, 0.05) is 5.38 Å². The smallest absolute Gasteiger partial charge is 0.181 e. The van der Waals surface area contributed by atoms with Crippen molar-refractivity contribution in [2.75, 3.05) is 13.2 Å². The first kappa shape index (κ1) is 7.42. The van der Waals surface area contributed by atoms with Crippen molar-refractivity contribution < 1.29 is 14.7 Å². The highest BCUT2D eigenvalue weighted by Gasteiger charge is 2.16. The van der Waals surface area contributed by atoms with Crippen LogP contribution in [-0.2, 0) is 0 Å². The van der Waals surface area contributed by atoms with E-state index >= 15 is 0 Å². The minimum absolute atomic E-state index is 0.552. The standard InChI is InChI=1S/C7H7NO3S/c9-8-3-6-7-5(4-12-6)10-1-2-11-7/h3-4,9H,1-2H2/b8-3+. The van der Waals surface area contributed by atoms with Crippen LogP contribution in [0.4, 0.5) is 0 Å². The second-order valence-electron chi connectivity index (χ2n) is 2.23. The molecule has 0 aromatic carbocycles. The van der Waals surface area contributed by atoms with E-state index < -0.39 is 0 Å². The molecule has 2 rings (SSSR count). The highest BCUT2D eigenvalue weighted by molar-refractivity contribution is 7.12. The maximum Gasteiger partial charge on any atom is 0.181 e. The van der Waals surface area contributed by atoms with Crippen LogP contribution in [0.3, 0.4) is 0 Å². The lowest BCUT2D eigenvalue weighted by Crippen LogP contribution is -2.14. The first-order chi connectivity index (χ1) is 5.92. The molecular formula is C7H7NO3S. The monoisotopic (exact) mass is 185 g/mol. The van der Waals surface area contributed by atoms with Crippen molar-refractivity contribution in [3.8, 4) is 11.5 Å². The summed E-state index contributed by atoms with van der Waals surface area (Å²) in [6.07, 6.45) is 1.35. The minimum atomic E-state index is 0.552. The van der Waals surface area contributed by atoms with Crippen molar-refractivity contribution in [3.63, 3.8) is 0 Å². The van der Waals surface area contributed by atoms with Crippen molar-refractivity contribution >= 4 is 17.6 Å². The van der Waals surface area contributed by atoms with Crippen LogP contribution in [-0.4, -0.2) is 24.6 Å². The molecule has 0 fully saturated rings. The fraction of sp³-hybridized carbons (Fsp3) is 0.286. The molecule has 0 amide bonds. The number of fused-ring (bicyclic) bond motifs is 1. The SMILES string of the molecule is O/N=C/c1scc2c1OCCO2. The van der Waals surface area contributed by atoms with Crippen molar-refractivity contribution in [2.45, 2.75) is 0 Å². The first-order valence-corrected chi connectivity index (χ1v) is 4.34. The van der Waals surface area contributed by atoms with Crippen molar-refractivity contribution in [2.24, 2.45) is 5.16 Å². The molecular weight excluding hydrogens is 178 g/mol. The zero-order valence-corrected chi connectivity index (χ0v) is 7.00. The minimum Gasteiger partial charge on any atom is -0.485 e. The Morgan fingerprint density at radius 2 is 2.33 bits per heavy atom. The number of rotatable bonds is 1. The lowest BCUT2D eigenvalue weighted by molar-refractivity contribution is 0.173. The van der Waals surface area contributed by atoms with E-state index in [-0.39, 0.29) is 0 Å². The maximum atomic E-state index is 8.32. The van der Waals surface area contributed by atoms with Crippen LogP contribution in [0.2, 0.25) is 0 Å². The first-order valence-electron chi connectivity index (χ1n) is 3.46. The summed E-state index contributed by atoms with van der Waals surface area (Å²) >= 11 is 1.43. The molecule has 2 heterocycles. The number of ether oxygens (including phenoxy) is 2. The number of hydrogen-bond donors (Lipinski definition) is 1. The summed E-state index contributed by atoms with van der Waals surface area (Å²) in [5, 5.41) is 13.1. The van der Waals surface area contributed by atoms with E-state index in [2.05, 4.69) is 5.16 Å². The van der Waals surface area contributed by atoms with E-state index in [1.54, 1.807) is 0 Å². The third kappa shape index (κ3) is 1.12. The molecule has 0 saturated carbocycles. The molecule has 0 saturated heterocycles. The topological polar surface area (TPSA) is 51.1 Å². The molecule has 1 aliphatic heterocycles. The van der Waals surface area contributed by atoms with E-state index in [0.717, 1.165) is 10.6 Å². The average molecular weight is 185 g/mol. The van der Waals surface area contributed by atoms with Gasteiger partial charge < -0.3 is 14.7 Å². The van der Waals surface area contributed by atoms with Crippen LogP contribution in [0.15, 0.2) is 10.5 Å². The number of oxime groups is 1. The highest BCUT2D eigenvalue weighted by Crippen LogP contribution is 2.37. The second kappa shape index (κ2) is 3.02. The Labute approximate surface area is 73.0 Å². The lowest BCUT2D eigenvalue weighted by Gasteiger charge is -2.14. The van der Waals surface area contributed by atoms with Gasteiger partial charge in [-0.3, -0.25) is 0 Å². The Kier molecular flexibility index (Phi) is 1.87. The molecule has 64 valence electrons. The van der Waals surface area contributed by atoms with Crippen LogP contribution in [0.5, 0.6) is 11.5 Å². The van der Waals surface area contributed by atoms with E-state index in [1.807, 2.05) is 5.38 Å². The Morgan fingerprint density at radius 3 is 3.17 bits per heavy atom. The summed E-state index contributed by atoms with van der Waals surface area (Å²) in [5.41, 5.74) is 0. The van der Waals surface area contributed by atoms with Gasteiger partial charge in [-0.1, -0.05) is 5.16 Å². The molecule has 5 heteroatoms. The van der Waals surface area contributed by atoms with Crippen LogP contribution in [0, 0.1) is 0 Å². The van der Waals surface area contributed by atoms with Gasteiger partial charge >= 0.3 is 0 Å². The molecule has 4 nitrogen and oxygen atoms in total. The largest absolute Gasteiger partial charge is 0.485 e. The fourth-order valence-corrected chi connectivity index (χ4v) is 1.81. The zero-order chi connectivity index (χ0) is 8.39. The van der Waals surface area contributed by atoms with Gasteiger partial charge in [0.15, 0.2) is 11.5 Å². The number of hydrogen-bond acceptors (Lipinski definition) is 5. The van der Waals surface area contributed by atoms with Gasteiger partial charge in [0.2, 0.25) is 0 Å². The summed E-state index contributed by atoms with van der Waals surface area (Å²) < 4.78 is 10.6. The molecule has 0 bridgehead atoms. The molecule has 1 aliphatic rings. The summed E-state index contributed by atoms with van der Waals surface area (Å²) in [6.45, 7) is 1.13. The summed E-state index contributed by atoms with van der Waals surface area (Å²) in [5.74, 6) is 1.42. The van der Waals surface area contributed by atoms with Gasteiger partial charge in [-0.05, 0) is 0 Å². The maximum absolute atomic E-state index is 8.32. The zero-order valence-electron chi connectivity index (χ0n) is 6.19. The molecule has 1 aromatic heterocycles. The third-order valence-electron chi connectivity index (χ3n) is 1.50. The summed E-state index contributed by atoms with van der Waals surface area (Å²) in [4.78, 5) is 0.784. The van der Waals surface area contributed by atoms with Crippen molar-refractivity contribution in [3.05, 3.63) is 10.3 Å². The summed E-state index contributed by atoms with van der Waals surface area (Å²) in [6, 6.07) is 0. The molecule has 0 spiro atoms. The number of thiophene rings is 1. The Morgan fingerprint density at radius 1 is 1.50 bits per heavy atom. The average Bonchev–Trinajstić information content (AvgIpc) is 2.50. The third-order valence-corrected chi connectivity index (χ3v) is 2.38. The van der Waals surface area contributed by atoms with Gasteiger partial charge in [-0.15, -0.1) is 11.3 Å². The highest BCUT2D eigenvalue weighted by atomic mass is 32.1. The lowest BCUT2D eigenvalue weighted by atomic mass is 10.4. The Balaban J connectivity index is 2.38. The van der Waals surface area contributed by atoms with Gasteiger partial charge in [0.1, 0.15) is 13.2 Å². The molecule has 0 aliphatic carbocycles. The van der Waals surface area contributed by atoms with Crippen LogP contribution < -0.4 is 9.47 Å². The van der Waals surface area contributed by atoms with E-state index in [9.17, 15) is 0 Å². The van der Waals surface area contributed by atoms with Crippen molar-refractivity contribution in [1.82, 2.24) is 0 Å². The second-order valence-corrected chi connectivity index (χ2v) is 3.15. The van der Waals surface area contributed by atoms with Gasteiger partial charge in [-0.25, -0.2) is 0 Å². The van der Waals surface area contributed by atoms with Crippen LogP contribution in [0.1, 0.15) is 4.88 Å². The molecule has 0 atom stereocenters. The Hall–Kier alpha value is -1.23. The van der Waals surface area contributed by atoms with Crippen LogP contribution in [0.25, 0.3) is 0 Å². The van der Waals surface area contributed by atoms with Crippen LogP contribution >= 0.6 is 11.3 Å². The van der Waals surface area contributed by atoms with Crippen molar-refractivity contribution in [1.29, 1.82) is 0 Å². The normalized spacial score (nSPS) is 15.3. The molecule has 1 aromatic rings.